The van der Waals surface area contributed by atoms with Gasteiger partial charge in [-0.3, -0.25) is 4.79 Å². The maximum absolute atomic E-state index is 12.7. The Morgan fingerprint density at radius 3 is 2.71 bits per heavy atom. The average molecular weight is 421 g/mol. The first-order valence-corrected chi connectivity index (χ1v) is 10.6. The molecule has 2 heterocycles. The van der Waals surface area contributed by atoms with Gasteiger partial charge in [-0.25, -0.2) is 9.97 Å². The minimum Gasteiger partial charge on any atom is -0.495 e. The third kappa shape index (κ3) is 4.94. The Balaban J connectivity index is 1.50. The molecule has 2 N–H and O–H groups in total. The number of aliphatic hydroxyl groups is 1. The van der Waals surface area contributed by atoms with Crippen LogP contribution in [0.1, 0.15) is 53.2 Å². The van der Waals surface area contributed by atoms with E-state index in [1.165, 1.54) is 0 Å². The number of oxazole rings is 1. The second-order valence-corrected chi connectivity index (χ2v) is 7.94. The van der Waals surface area contributed by atoms with Crippen LogP contribution in [0.15, 0.2) is 47.2 Å². The van der Waals surface area contributed by atoms with Crippen molar-refractivity contribution in [3.05, 3.63) is 65.5 Å². The third-order valence-electron chi connectivity index (χ3n) is 5.71. The molecule has 0 unspecified atom stereocenters. The molecular weight excluding hydrogens is 394 g/mol. The first kappa shape index (κ1) is 21.1. The molecule has 31 heavy (non-hydrogen) atoms. The number of nitrogens with zero attached hydrogens (tertiary/aromatic N) is 2. The van der Waals surface area contributed by atoms with Crippen molar-refractivity contribution in [3.8, 4) is 17.0 Å². The van der Waals surface area contributed by atoms with Crippen LogP contribution < -0.4 is 10.1 Å². The van der Waals surface area contributed by atoms with Crippen LogP contribution in [0, 0.1) is 6.92 Å². The molecule has 1 saturated carbocycles. The zero-order valence-electron chi connectivity index (χ0n) is 17.8. The van der Waals surface area contributed by atoms with Crippen molar-refractivity contribution < 1.29 is 19.1 Å². The second kappa shape index (κ2) is 9.31. The van der Waals surface area contributed by atoms with Crippen LogP contribution in [0.25, 0.3) is 11.3 Å². The Morgan fingerprint density at radius 2 is 2.03 bits per heavy atom. The predicted octanol–water partition coefficient (Wildman–Crippen LogP) is 3.68. The van der Waals surface area contributed by atoms with Crippen molar-refractivity contribution in [2.75, 3.05) is 7.11 Å². The summed E-state index contributed by atoms with van der Waals surface area (Å²) in [6, 6.07) is 9.59. The molecule has 7 heteroatoms. The molecule has 0 radical (unpaired) electrons. The first-order chi connectivity index (χ1) is 15.0. The number of aliphatic hydroxyl groups excluding tert-OH is 1. The number of hydrogen-bond donors (Lipinski definition) is 2. The van der Waals surface area contributed by atoms with Gasteiger partial charge in [0.2, 0.25) is 0 Å². The molecule has 0 saturated heterocycles. The summed E-state index contributed by atoms with van der Waals surface area (Å²) >= 11 is 0. The van der Waals surface area contributed by atoms with Crippen LogP contribution in [0.4, 0.5) is 0 Å². The number of amides is 1. The molecule has 2 atom stereocenters. The highest BCUT2D eigenvalue weighted by Crippen LogP contribution is 2.25. The van der Waals surface area contributed by atoms with Gasteiger partial charge in [-0.1, -0.05) is 37.1 Å². The Bertz CT molecular complexity index is 1050. The highest BCUT2D eigenvalue weighted by atomic mass is 16.5. The molecule has 2 aromatic heterocycles. The van der Waals surface area contributed by atoms with Crippen LogP contribution in [0.5, 0.6) is 5.75 Å². The quantitative estimate of drug-likeness (QED) is 0.630. The summed E-state index contributed by atoms with van der Waals surface area (Å²) in [6.45, 7) is 1.82. The van der Waals surface area contributed by atoms with E-state index in [0.717, 1.165) is 48.1 Å². The van der Waals surface area contributed by atoms with E-state index in [-0.39, 0.29) is 11.9 Å². The first-order valence-electron chi connectivity index (χ1n) is 10.6. The van der Waals surface area contributed by atoms with E-state index >= 15 is 0 Å². The standard InChI is InChI=1S/C24H27N3O4/c1-15-26-21(14-31-15)17-9-7-16(8-10-17)11-18-12-20(25-13-23(18)30-2)24(29)27-19-5-3-4-6-22(19)28/h7-10,12-14,19,22,28H,3-6,11H2,1-2H3,(H,27,29)/t19-,22-/m0/s1. The molecule has 0 aliphatic heterocycles. The van der Waals surface area contributed by atoms with E-state index in [1.54, 1.807) is 25.6 Å². The number of aromatic nitrogens is 2. The number of aryl methyl sites for hydroxylation is 1. The Morgan fingerprint density at radius 1 is 1.26 bits per heavy atom. The van der Waals surface area contributed by atoms with E-state index in [2.05, 4.69) is 15.3 Å². The summed E-state index contributed by atoms with van der Waals surface area (Å²) in [4.78, 5) is 21.3. The summed E-state index contributed by atoms with van der Waals surface area (Å²) in [6.07, 6.45) is 6.82. The molecule has 7 nitrogen and oxygen atoms in total. The lowest BCUT2D eigenvalue weighted by atomic mass is 9.92. The number of rotatable bonds is 6. The summed E-state index contributed by atoms with van der Waals surface area (Å²) in [5.41, 5.74) is 4.05. The van der Waals surface area contributed by atoms with Crippen LogP contribution in [0.3, 0.4) is 0 Å². The van der Waals surface area contributed by atoms with Gasteiger partial charge in [-0.15, -0.1) is 0 Å². The molecule has 0 spiro atoms. The molecule has 0 bridgehead atoms. The number of methoxy groups -OCH3 is 1. The fourth-order valence-corrected chi connectivity index (χ4v) is 3.96. The summed E-state index contributed by atoms with van der Waals surface area (Å²) in [5, 5.41) is 13.1. The minimum atomic E-state index is -0.498. The van der Waals surface area contributed by atoms with Crippen molar-refractivity contribution in [2.24, 2.45) is 0 Å². The van der Waals surface area contributed by atoms with Gasteiger partial charge in [0.1, 0.15) is 23.4 Å². The smallest absolute Gasteiger partial charge is 0.270 e. The zero-order valence-corrected chi connectivity index (χ0v) is 17.8. The molecular formula is C24H27N3O4. The van der Waals surface area contributed by atoms with E-state index in [0.29, 0.717) is 23.8 Å². The molecule has 1 amide bonds. The van der Waals surface area contributed by atoms with Crippen molar-refractivity contribution in [2.45, 2.75) is 51.2 Å². The lowest BCUT2D eigenvalue weighted by Crippen LogP contribution is -2.45. The van der Waals surface area contributed by atoms with Gasteiger partial charge >= 0.3 is 0 Å². The van der Waals surface area contributed by atoms with Gasteiger partial charge < -0.3 is 19.6 Å². The van der Waals surface area contributed by atoms with Gasteiger partial charge in [-0.2, -0.15) is 0 Å². The molecule has 1 fully saturated rings. The van der Waals surface area contributed by atoms with Crippen LogP contribution in [0.2, 0.25) is 0 Å². The number of pyridine rings is 1. The van der Waals surface area contributed by atoms with Crippen LogP contribution in [-0.4, -0.2) is 40.2 Å². The van der Waals surface area contributed by atoms with Crippen molar-refractivity contribution in [3.63, 3.8) is 0 Å². The van der Waals surface area contributed by atoms with Gasteiger partial charge in [-0.05, 0) is 24.5 Å². The van der Waals surface area contributed by atoms with Crippen molar-refractivity contribution >= 4 is 5.91 Å². The normalized spacial score (nSPS) is 18.5. The minimum absolute atomic E-state index is 0.221. The number of ether oxygens (including phenoxy) is 1. The van der Waals surface area contributed by atoms with Crippen LogP contribution in [-0.2, 0) is 6.42 Å². The number of nitrogens with one attached hydrogen (secondary N) is 1. The Labute approximate surface area is 181 Å². The van der Waals surface area contributed by atoms with Crippen LogP contribution >= 0.6 is 0 Å². The monoisotopic (exact) mass is 421 g/mol. The SMILES string of the molecule is COc1cnc(C(=O)N[C@H]2CCCC[C@@H]2O)cc1Cc1ccc(-c2coc(C)n2)cc1. The maximum atomic E-state index is 12.7. The molecule has 1 aliphatic carbocycles. The molecule has 1 aromatic carbocycles. The summed E-state index contributed by atoms with van der Waals surface area (Å²) in [5.74, 6) is 0.990. The fraction of sp³-hybridized carbons (Fsp3) is 0.375. The number of carbonyl (C=O) groups excluding carboxylic acids is 1. The molecule has 4 rings (SSSR count). The van der Waals surface area contributed by atoms with Gasteiger partial charge in [0.25, 0.3) is 5.91 Å². The highest BCUT2D eigenvalue weighted by Gasteiger charge is 2.25. The largest absolute Gasteiger partial charge is 0.495 e. The van der Waals surface area contributed by atoms with E-state index in [4.69, 9.17) is 9.15 Å². The van der Waals surface area contributed by atoms with E-state index in [9.17, 15) is 9.90 Å². The number of carbonyl (C=O) groups is 1. The Kier molecular flexibility index (Phi) is 6.32. The topological polar surface area (TPSA) is 97.5 Å². The van der Waals surface area contributed by atoms with Crippen molar-refractivity contribution in [1.29, 1.82) is 0 Å². The van der Waals surface area contributed by atoms with Gasteiger partial charge in [0.15, 0.2) is 5.89 Å². The lowest BCUT2D eigenvalue weighted by molar-refractivity contribution is 0.0713. The Hall–Kier alpha value is -3.19. The molecule has 1 aliphatic rings. The number of hydrogen-bond acceptors (Lipinski definition) is 6. The van der Waals surface area contributed by atoms with E-state index < -0.39 is 6.10 Å². The summed E-state index contributed by atoms with van der Waals surface area (Å²) in [7, 11) is 1.59. The highest BCUT2D eigenvalue weighted by molar-refractivity contribution is 5.92. The summed E-state index contributed by atoms with van der Waals surface area (Å²) < 4.78 is 10.7. The van der Waals surface area contributed by atoms with Gasteiger partial charge in [0, 0.05) is 24.5 Å². The third-order valence-corrected chi connectivity index (χ3v) is 5.71. The maximum Gasteiger partial charge on any atom is 0.270 e. The molecule has 162 valence electrons. The van der Waals surface area contributed by atoms with Gasteiger partial charge in [0.05, 0.1) is 25.5 Å². The number of benzene rings is 1. The zero-order chi connectivity index (χ0) is 21.8. The van der Waals surface area contributed by atoms with E-state index in [1.807, 2.05) is 31.2 Å². The molecule has 3 aromatic rings. The fourth-order valence-electron chi connectivity index (χ4n) is 3.96. The predicted molar refractivity (Wildman–Crippen MR) is 116 cm³/mol. The second-order valence-electron chi connectivity index (χ2n) is 7.94. The van der Waals surface area contributed by atoms with Crippen molar-refractivity contribution in [1.82, 2.24) is 15.3 Å². The average Bonchev–Trinajstić information content (AvgIpc) is 3.22. The lowest BCUT2D eigenvalue weighted by Gasteiger charge is -2.28.